The molecule has 10 heteroatoms. The fraction of sp³-hybridized carbons (Fsp3) is 0.409. The number of carbonyl (C=O) groups is 1. The normalized spacial score (nSPS) is 15.0. The first-order valence-corrected chi connectivity index (χ1v) is 12.6. The Morgan fingerprint density at radius 2 is 1.91 bits per heavy atom. The number of amides is 1. The molecule has 2 aromatic rings. The first kappa shape index (κ1) is 24.2. The van der Waals surface area contributed by atoms with E-state index in [1.54, 1.807) is 13.2 Å². The molecule has 0 spiro atoms. The van der Waals surface area contributed by atoms with Gasteiger partial charge in [0.1, 0.15) is 5.82 Å². The number of carbonyl (C=O) groups excluding carboxylic acids is 1. The number of sulfone groups is 1. The van der Waals surface area contributed by atoms with Gasteiger partial charge in [-0.3, -0.25) is 4.79 Å². The molecule has 1 aromatic heterocycles. The van der Waals surface area contributed by atoms with Gasteiger partial charge in [-0.15, -0.1) is 0 Å². The van der Waals surface area contributed by atoms with E-state index >= 15 is 0 Å². The second kappa shape index (κ2) is 10.9. The van der Waals surface area contributed by atoms with Crippen molar-refractivity contribution in [1.29, 1.82) is 0 Å². The number of anilines is 2. The van der Waals surface area contributed by atoms with Gasteiger partial charge >= 0.3 is 0 Å². The molecule has 0 bridgehead atoms. The van der Waals surface area contributed by atoms with Crippen LogP contribution in [-0.4, -0.2) is 50.8 Å². The Balaban J connectivity index is 1.83. The number of hydrogen-bond donors (Lipinski definition) is 2. The van der Waals surface area contributed by atoms with Crippen molar-refractivity contribution in [3.8, 4) is 0 Å². The largest absolute Gasteiger partial charge is 0.383 e. The quantitative estimate of drug-likeness (QED) is 0.416. The number of aromatic nitrogens is 2. The van der Waals surface area contributed by atoms with Gasteiger partial charge in [0, 0.05) is 25.5 Å². The number of ether oxygens (including phenoxy) is 1. The lowest BCUT2D eigenvalue weighted by atomic mass is 9.98. The van der Waals surface area contributed by atoms with Crippen molar-refractivity contribution in [1.82, 2.24) is 9.97 Å². The topological polar surface area (TPSA) is 110 Å². The van der Waals surface area contributed by atoms with E-state index in [4.69, 9.17) is 16.3 Å². The highest BCUT2D eigenvalue weighted by Crippen LogP contribution is 2.32. The molecule has 1 heterocycles. The van der Waals surface area contributed by atoms with Crippen LogP contribution in [0.25, 0.3) is 5.57 Å². The van der Waals surface area contributed by atoms with Crippen molar-refractivity contribution in [2.75, 3.05) is 37.2 Å². The lowest BCUT2D eigenvalue weighted by Crippen LogP contribution is -2.16. The van der Waals surface area contributed by atoms with Gasteiger partial charge in [0.25, 0.3) is 5.91 Å². The van der Waals surface area contributed by atoms with Crippen LogP contribution >= 0.6 is 11.6 Å². The zero-order valence-corrected chi connectivity index (χ0v) is 19.7. The molecule has 0 unspecified atom stereocenters. The Labute approximate surface area is 193 Å². The lowest BCUT2D eigenvalue weighted by molar-refractivity contribution is -0.111. The Bertz CT molecular complexity index is 1080. The smallest absolute Gasteiger partial charge is 0.257 e. The number of methoxy groups -OCH3 is 1. The van der Waals surface area contributed by atoms with Crippen LogP contribution in [0.3, 0.4) is 0 Å². The van der Waals surface area contributed by atoms with Gasteiger partial charge in [-0.1, -0.05) is 36.6 Å². The molecule has 8 nitrogen and oxygen atoms in total. The summed E-state index contributed by atoms with van der Waals surface area (Å²) >= 11 is 6.23. The summed E-state index contributed by atoms with van der Waals surface area (Å²) < 4.78 is 28.8. The minimum absolute atomic E-state index is 0.0333. The average molecular weight is 479 g/mol. The highest BCUT2D eigenvalue weighted by atomic mass is 35.5. The van der Waals surface area contributed by atoms with E-state index in [1.807, 2.05) is 6.08 Å². The number of allylic oxidation sites excluding steroid dienone is 1. The molecule has 1 saturated carbocycles. The van der Waals surface area contributed by atoms with Gasteiger partial charge in [0.15, 0.2) is 15.7 Å². The monoisotopic (exact) mass is 478 g/mol. The number of halogens is 1. The van der Waals surface area contributed by atoms with Crippen LogP contribution in [0.5, 0.6) is 0 Å². The van der Waals surface area contributed by atoms with Crippen LogP contribution < -0.4 is 10.6 Å². The summed E-state index contributed by atoms with van der Waals surface area (Å²) in [5, 5.41) is 5.92. The van der Waals surface area contributed by atoms with Crippen molar-refractivity contribution < 1.29 is 17.9 Å². The maximum absolute atomic E-state index is 13.1. The number of nitrogens with one attached hydrogen (secondary N) is 2. The molecule has 1 aliphatic rings. The van der Waals surface area contributed by atoms with Crippen LogP contribution in [0.4, 0.5) is 11.6 Å². The predicted octanol–water partition coefficient (Wildman–Crippen LogP) is 3.80. The molecule has 0 radical (unpaired) electrons. The SMILES string of the molecule is COCCNc1cnc(NC(=O)/C(=C/C2CCCC2)c2ccc(S(C)(=O)=O)c(Cl)c2)cn1. The van der Waals surface area contributed by atoms with Gasteiger partial charge in [-0.25, -0.2) is 18.4 Å². The van der Waals surface area contributed by atoms with E-state index in [0.717, 1.165) is 31.9 Å². The molecule has 2 N–H and O–H groups in total. The molecule has 0 saturated heterocycles. The minimum atomic E-state index is -3.46. The number of nitrogens with zero attached hydrogens (tertiary/aromatic N) is 2. The summed E-state index contributed by atoms with van der Waals surface area (Å²) in [7, 11) is -1.85. The van der Waals surface area contributed by atoms with Crippen LogP contribution in [0.1, 0.15) is 31.2 Å². The van der Waals surface area contributed by atoms with Gasteiger partial charge in [-0.05, 0) is 36.5 Å². The van der Waals surface area contributed by atoms with Crippen LogP contribution in [0.2, 0.25) is 5.02 Å². The molecule has 1 aliphatic carbocycles. The molecule has 1 fully saturated rings. The summed E-state index contributed by atoms with van der Waals surface area (Å²) in [5.41, 5.74) is 0.987. The van der Waals surface area contributed by atoms with Crippen molar-refractivity contribution >= 4 is 44.6 Å². The van der Waals surface area contributed by atoms with Crippen molar-refractivity contribution in [3.05, 3.63) is 47.3 Å². The Kier molecular flexibility index (Phi) is 8.22. The third kappa shape index (κ3) is 6.51. The van der Waals surface area contributed by atoms with E-state index in [1.165, 1.54) is 24.5 Å². The predicted molar refractivity (Wildman–Crippen MR) is 126 cm³/mol. The minimum Gasteiger partial charge on any atom is -0.383 e. The fourth-order valence-corrected chi connectivity index (χ4v) is 4.91. The zero-order chi connectivity index (χ0) is 23.1. The standard InChI is InChI=1S/C22H27ClN4O4S/c1-31-10-9-24-20-13-26-21(14-25-20)27-22(28)17(11-15-5-3-4-6-15)16-7-8-19(18(23)12-16)32(2,29)30/h7-8,11-15H,3-6,9-10H2,1-2H3,(H,24,25)(H,26,27,28)/b17-11+. The van der Waals surface area contributed by atoms with E-state index in [0.29, 0.717) is 35.9 Å². The molecule has 3 rings (SSSR count). The third-order valence-electron chi connectivity index (χ3n) is 5.19. The summed E-state index contributed by atoms with van der Waals surface area (Å²) in [6.07, 6.45) is 10.3. The molecule has 0 atom stereocenters. The number of rotatable bonds is 9. The van der Waals surface area contributed by atoms with E-state index in [9.17, 15) is 13.2 Å². The number of hydrogen-bond acceptors (Lipinski definition) is 7. The summed E-state index contributed by atoms with van der Waals surface area (Å²) in [4.78, 5) is 21.7. The zero-order valence-electron chi connectivity index (χ0n) is 18.1. The third-order valence-corrected chi connectivity index (χ3v) is 6.77. The Morgan fingerprint density at radius 1 is 1.22 bits per heavy atom. The Morgan fingerprint density at radius 3 is 2.50 bits per heavy atom. The highest BCUT2D eigenvalue weighted by molar-refractivity contribution is 7.90. The summed E-state index contributed by atoms with van der Waals surface area (Å²) in [5.74, 6) is 0.811. The molecule has 172 valence electrons. The van der Waals surface area contributed by atoms with Gasteiger partial charge in [0.05, 0.1) is 28.9 Å². The molecular formula is C22H27ClN4O4S. The van der Waals surface area contributed by atoms with E-state index < -0.39 is 9.84 Å². The maximum Gasteiger partial charge on any atom is 0.257 e. The second-order valence-corrected chi connectivity index (χ2v) is 10.1. The highest BCUT2D eigenvalue weighted by Gasteiger charge is 2.21. The lowest BCUT2D eigenvalue weighted by Gasteiger charge is -2.13. The first-order valence-electron chi connectivity index (χ1n) is 10.4. The maximum atomic E-state index is 13.1. The van der Waals surface area contributed by atoms with Gasteiger partial charge in [0.2, 0.25) is 0 Å². The van der Waals surface area contributed by atoms with Gasteiger partial charge < -0.3 is 15.4 Å². The van der Waals surface area contributed by atoms with Crippen molar-refractivity contribution in [2.24, 2.45) is 5.92 Å². The molecule has 32 heavy (non-hydrogen) atoms. The van der Waals surface area contributed by atoms with E-state index in [-0.39, 0.29) is 21.7 Å². The summed E-state index contributed by atoms with van der Waals surface area (Å²) in [6, 6.07) is 4.56. The second-order valence-electron chi connectivity index (χ2n) is 7.70. The van der Waals surface area contributed by atoms with Crippen LogP contribution in [0, 0.1) is 5.92 Å². The van der Waals surface area contributed by atoms with Crippen LogP contribution in [-0.2, 0) is 19.4 Å². The van der Waals surface area contributed by atoms with Gasteiger partial charge in [-0.2, -0.15) is 0 Å². The van der Waals surface area contributed by atoms with Crippen molar-refractivity contribution in [3.63, 3.8) is 0 Å². The van der Waals surface area contributed by atoms with E-state index in [2.05, 4.69) is 20.6 Å². The molecule has 1 aromatic carbocycles. The molecular weight excluding hydrogens is 452 g/mol. The first-order chi connectivity index (χ1) is 15.3. The number of benzene rings is 1. The Hall–Kier alpha value is -2.49. The summed E-state index contributed by atoms with van der Waals surface area (Å²) in [6.45, 7) is 1.13. The average Bonchev–Trinajstić information content (AvgIpc) is 3.26. The fourth-order valence-electron chi connectivity index (χ4n) is 3.58. The molecule has 0 aliphatic heterocycles. The van der Waals surface area contributed by atoms with Crippen LogP contribution in [0.15, 0.2) is 41.6 Å². The molecule has 1 amide bonds. The van der Waals surface area contributed by atoms with Crippen molar-refractivity contribution in [2.45, 2.75) is 30.6 Å².